The minimum absolute atomic E-state index is 0.288. The molecule has 4 heteroatoms. The number of hydrogen-bond donors (Lipinski definition) is 1. The fraction of sp³-hybridized carbons (Fsp3) is 0.688. The molecule has 1 aliphatic carbocycles. The lowest BCUT2D eigenvalue weighted by molar-refractivity contribution is -0.00527. The molecule has 1 aromatic heterocycles. The highest BCUT2D eigenvalue weighted by Gasteiger charge is 2.25. The van der Waals surface area contributed by atoms with Gasteiger partial charge in [0, 0.05) is 48.8 Å². The Morgan fingerprint density at radius 3 is 2.65 bits per heavy atom. The van der Waals surface area contributed by atoms with E-state index < -0.39 is 0 Å². The van der Waals surface area contributed by atoms with Crippen LogP contribution in [0.1, 0.15) is 37.9 Å². The van der Waals surface area contributed by atoms with Gasteiger partial charge in [-0.1, -0.05) is 0 Å². The zero-order valence-electron chi connectivity index (χ0n) is 12.7. The molecule has 1 aliphatic heterocycles. The van der Waals surface area contributed by atoms with Crippen LogP contribution < -0.4 is 10.2 Å². The third kappa shape index (κ3) is 3.30. The second kappa shape index (κ2) is 5.70. The lowest BCUT2D eigenvalue weighted by atomic mass is 10.1. The summed E-state index contributed by atoms with van der Waals surface area (Å²) in [6, 6.07) is 2.95. The van der Waals surface area contributed by atoms with Gasteiger partial charge in [-0.05, 0) is 39.7 Å². The number of anilines is 1. The van der Waals surface area contributed by atoms with Crippen molar-refractivity contribution in [2.24, 2.45) is 0 Å². The number of hydrogen-bond acceptors (Lipinski definition) is 4. The van der Waals surface area contributed by atoms with Crippen molar-refractivity contribution in [3.8, 4) is 0 Å². The molecule has 1 N–H and O–H groups in total. The van der Waals surface area contributed by atoms with E-state index >= 15 is 0 Å². The predicted octanol–water partition coefficient (Wildman–Crippen LogP) is 2.26. The number of nitrogens with one attached hydrogen (secondary N) is 1. The van der Waals surface area contributed by atoms with Gasteiger partial charge in [0.2, 0.25) is 0 Å². The third-order valence-corrected chi connectivity index (χ3v) is 4.02. The molecular weight excluding hydrogens is 250 g/mol. The average Bonchev–Trinajstić information content (AvgIpc) is 3.20. The lowest BCUT2D eigenvalue weighted by Gasteiger charge is -2.38. The maximum Gasteiger partial charge on any atom is 0.0726 e. The molecule has 0 bridgehead atoms. The molecule has 2 aliphatic rings. The van der Waals surface area contributed by atoms with E-state index in [9.17, 15) is 0 Å². The van der Waals surface area contributed by atoms with Gasteiger partial charge in [0.25, 0.3) is 0 Å². The zero-order chi connectivity index (χ0) is 14.1. The minimum Gasteiger partial charge on any atom is -0.372 e. The first-order valence-corrected chi connectivity index (χ1v) is 7.71. The number of rotatable bonds is 4. The van der Waals surface area contributed by atoms with Gasteiger partial charge in [0.15, 0.2) is 0 Å². The van der Waals surface area contributed by atoms with Crippen LogP contribution in [0.25, 0.3) is 0 Å². The van der Waals surface area contributed by atoms with E-state index in [0.717, 1.165) is 31.4 Å². The van der Waals surface area contributed by atoms with Crippen LogP contribution in [-0.4, -0.2) is 36.3 Å². The highest BCUT2D eigenvalue weighted by Crippen LogP contribution is 2.26. The highest BCUT2D eigenvalue weighted by molar-refractivity contribution is 5.54. The van der Waals surface area contributed by atoms with Crippen molar-refractivity contribution < 1.29 is 4.74 Å². The van der Waals surface area contributed by atoms with Crippen molar-refractivity contribution >= 4 is 5.69 Å². The molecule has 110 valence electrons. The number of morpholine rings is 1. The first-order chi connectivity index (χ1) is 9.61. The summed E-state index contributed by atoms with van der Waals surface area (Å²) in [7, 11) is 0. The summed E-state index contributed by atoms with van der Waals surface area (Å²) >= 11 is 0. The second-order valence-corrected chi connectivity index (χ2v) is 6.27. The van der Waals surface area contributed by atoms with Gasteiger partial charge < -0.3 is 15.0 Å². The van der Waals surface area contributed by atoms with Gasteiger partial charge in [0.05, 0.1) is 12.2 Å². The molecule has 2 heterocycles. The molecule has 0 spiro atoms. The van der Waals surface area contributed by atoms with Crippen molar-refractivity contribution in [1.82, 2.24) is 10.3 Å². The van der Waals surface area contributed by atoms with Crippen LogP contribution in [0.3, 0.4) is 0 Å². The third-order valence-electron chi connectivity index (χ3n) is 4.02. The molecule has 0 aromatic carbocycles. The van der Waals surface area contributed by atoms with Crippen LogP contribution >= 0.6 is 0 Å². The van der Waals surface area contributed by atoms with Gasteiger partial charge in [-0.15, -0.1) is 0 Å². The Labute approximate surface area is 121 Å². The van der Waals surface area contributed by atoms with E-state index in [1.807, 2.05) is 6.20 Å². The number of nitrogens with zero attached hydrogens (tertiary/aromatic N) is 2. The van der Waals surface area contributed by atoms with Crippen LogP contribution in [0.15, 0.2) is 12.3 Å². The van der Waals surface area contributed by atoms with Crippen molar-refractivity contribution in [2.45, 2.75) is 58.4 Å². The van der Waals surface area contributed by atoms with Gasteiger partial charge in [-0.25, -0.2) is 0 Å². The largest absolute Gasteiger partial charge is 0.372 e. The lowest BCUT2D eigenvalue weighted by Crippen LogP contribution is -2.46. The van der Waals surface area contributed by atoms with E-state index in [2.05, 4.69) is 42.0 Å². The summed E-state index contributed by atoms with van der Waals surface area (Å²) < 4.78 is 5.84. The van der Waals surface area contributed by atoms with E-state index in [1.54, 1.807) is 0 Å². The number of aryl methyl sites for hydroxylation is 1. The molecule has 2 atom stereocenters. The van der Waals surface area contributed by atoms with Crippen LogP contribution in [-0.2, 0) is 11.3 Å². The monoisotopic (exact) mass is 275 g/mol. The smallest absolute Gasteiger partial charge is 0.0726 e. The number of pyridine rings is 1. The maximum absolute atomic E-state index is 5.84. The summed E-state index contributed by atoms with van der Waals surface area (Å²) in [6.07, 6.45) is 5.25. The Morgan fingerprint density at radius 2 is 2.00 bits per heavy atom. The molecule has 1 aromatic rings. The van der Waals surface area contributed by atoms with Gasteiger partial charge in [0.1, 0.15) is 0 Å². The SMILES string of the molecule is Cc1cc(N2CC(C)OC(C)C2)c(CNC2CC2)cn1. The summed E-state index contributed by atoms with van der Waals surface area (Å²) in [5.41, 5.74) is 3.72. The Bertz CT molecular complexity index is 463. The Morgan fingerprint density at radius 1 is 1.30 bits per heavy atom. The number of aromatic nitrogens is 1. The van der Waals surface area contributed by atoms with Crippen molar-refractivity contribution in [3.63, 3.8) is 0 Å². The number of ether oxygens (including phenoxy) is 1. The summed E-state index contributed by atoms with van der Waals surface area (Å²) in [4.78, 5) is 6.93. The summed E-state index contributed by atoms with van der Waals surface area (Å²) in [6.45, 7) is 9.22. The Balaban J connectivity index is 1.79. The topological polar surface area (TPSA) is 37.4 Å². The van der Waals surface area contributed by atoms with Crippen LogP contribution in [0.2, 0.25) is 0 Å². The van der Waals surface area contributed by atoms with Crippen LogP contribution in [0.4, 0.5) is 5.69 Å². The summed E-state index contributed by atoms with van der Waals surface area (Å²) in [5.74, 6) is 0. The molecule has 4 nitrogen and oxygen atoms in total. The fourth-order valence-electron chi connectivity index (χ4n) is 2.92. The van der Waals surface area contributed by atoms with E-state index in [-0.39, 0.29) is 12.2 Å². The fourth-order valence-corrected chi connectivity index (χ4v) is 2.92. The molecule has 0 amide bonds. The van der Waals surface area contributed by atoms with E-state index in [1.165, 1.54) is 24.1 Å². The molecule has 3 rings (SSSR count). The molecular formula is C16H25N3O. The maximum atomic E-state index is 5.84. The molecule has 0 radical (unpaired) electrons. The molecule has 2 unspecified atom stereocenters. The summed E-state index contributed by atoms with van der Waals surface area (Å²) in [5, 5.41) is 3.60. The van der Waals surface area contributed by atoms with Crippen molar-refractivity contribution in [1.29, 1.82) is 0 Å². The van der Waals surface area contributed by atoms with Crippen LogP contribution in [0, 0.1) is 6.92 Å². The Hall–Kier alpha value is -1.13. The molecule has 1 saturated carbocycles. The van der Waals surface area contributed by atoms with Gasteiger partial charge in [-0.3, -0.25) is 4.98 Å². The predicted molar refractivity (Wildman–Crippen MR) is 81.1 cm³/mol. The van der Waals surface area contributed by atoms with E-state index in [0.29, 0.717) is 0 Å². The normalized spacial score (nSPS) is 26.9. The van der Waals surface area contributed by atoms with Crippen molar-refractivity contribution in [3.05, 3.63) is 23.5 Å². The van der Waals surface area contributed by atoms with E-state index in [4.69, 9.17) is 4.74 Å². The molecule has 2 fully saturated rings. The minimum atomic E-state index is 0.288. The molecule has 20 heavy (non-hydrogen) atoms. The zero-order valence-corrected chi connectivity index (χ0v) is 12.7. The quantitative estimate of drug-likeness (QED) is 0.914. The standard InChI is InChI=1S/C16H25N3O/c1-11-6-16(19-9-12(2)20-13(3)10-19)14(7-17-11)8-18-15-4-5-15/h6-7,12-13,15,18H,4-5,8-10H2,1-3H3. The van der Waals surface area contributed by atoms with Gasteiger partial charge in [-0.2, -0.15) is 0 Å². The first kappa shape index (κ1) is 13.8. The Kier molecular flexibility index (Phi) is 3.94. The van der Waals surface area contributed by atoms with Gasteiger partial charge >= 0.3 is 0 Å². The molecule has 1 saturated heterocycles. The van der Waals surface area contributed by atoms with Crippen LogP contribution in [0.5, 0.6) is 0 Å². The first-order valence-electron chi connectivity index (χ1n) is 7.71. The van der Waals surface area contributed by atoms with Crippen molar-refractivity contribution in [2.75, 3.05) is 18.0 Å². The highest BCUT2D eigenvalue weighted by atomic mass is 16.5. The average molecular weight is 275 g/mol. The second-order valence-electron chi connectivity index (χ2n) is 6.27.